The van der Waals surface area contributed by atoms with Crippen LogP contribution in [0, 0.1) is 5.92 Å². The summed E-state index contributed by atoms with van der Waals surface area (Å²) in [4.78, 5) is 11.1. The van der Waals surface area contributed by atoms with E-state index in [-0.39, 0.29) is 25.0 Å². The van der Waals surface area contributed by atoms with Crippen molar-refractivity contribution in [1.29, 1.82) is 0 Å². The van der Waals surface area contributed by atoms with Gasteiger partial charge in [0, 0.05) is 19.6 Å². The zero-order chi connectivity index (χ0) is 10.5. The fraction of sp³-hybridized carbons (Fsp3) is 0.889. The largest absolute Gasteiger partial charge is 0.386 e. The third-order valence-electron chi connectivity index (χ3n) is 1.62. The molecule has 78 valence electrons. The van der Waals surface area contributed by atoms with Crippen LogP contribution in [0.25, 0.3) is 0 Å². The highest BCUT2D eigenvalue weighted by Crippen LogP contribution is 2.02. The minimum atomic E-state index is -0.987. The number of carbonyl (C=O) groups excluding carboxylic acids is 1. The predicted molar refractivity (Wildman–Crippen MR) is 50.3 cm³/mol. The van der Waals surface area contributed by atoms with Crippen LogP contribution in [0.2, 0.25) is 0 Å². The van der Waals surface area contributed by atoms with E-state index in [2.05, 4.69) is 5.32 Å². The van der Waals surface area contributed by atoms with Gasteiger partial charge in [-0.25, -0.2) is 0 Å². The zero-order valence-electron chi connectivity index (χ0n) is 8.76. The summed E-state index contributed by atoms with van der Waals surface area (Å²) < 4.78 is 4.80. The van der Waals surface area contributed by atoms with Crippen molar-refractivity contribution in [3.8, 4) is 0 Å². The molecule has 0 aliphatic rings. The highest BCUT2D eigenvalue weighted by Gasteiger charge is 2.21. The molecule has 1 atom stereocenters. The van der Waals surface area contributed by atoms with Crippen molar-refractivity contribution in [2.75, 3.05) is 20.3 Å². The number of rotatable bonds is 5. The lowest BCUT2D eigenvalue weighted by atomic mass is 10.1. The summed E-state index contributed by atoms with van der Waals surface area (Å²) in [5, 5.41) is 12.2. The van der Waals surface area contributed by atoms with Crippen LogP contribution in [0.5, 0.6) is 0 Å². The molecule has 0 saturated carbocycles. The van der Waals surface area contributed by atoms with Gasteiger partial charge in [0.05, 0.1) is 6.61 Å². The molecule has 0 aromatic carbocycles. The van der Waals surface area contributed by atoms with Crippen LogP contribution in [-0.2, 0) is 9.53 Å². The molecule has 0 spiro atoms. The monoisotopic (exact) mass is 189 g/mol. The number of nitrogens with one attached hydrogen (secondary N) is 1. The third kappa shape index (κ3) is 5.60. The van der Waals surface area contributed by atoms with Crippen LogP contribution in [0.1, 0.15) is 20.8 Å². The summed E-state index contributed by atoms with van der Waals surface area (Å²) in [6.45, 7) is 5.67. The molecule has 0 aliphatic heterocycles. The first-order valence-electron chi connectivity index (χ1n) is 4.38. The second kappa shape index (κ2) is 5.19. The number of amides is 1. The van der Waals surface area contributed by atoms with Crippen molar-refractivity contribution in [2.24, 2.45) is 5.92 Å². The van der Waals surface area contributed by atoms with Crippen LogP contribution in [0.15, 0.2) is 0 Å². The maximum atomic E-state index is 11.1. The molecule has 0 heterocycles. The number of hydrogen-bond donors (Lipinski definition) is 2. The number of carbonyl (C=O) groups is 1. The van der Waals surface area contributed by atoms with Gasteiger partial charge in [0.1, 0.15) is 5.60 Å². The topological polar surface area (TPSA) is 58.6 Å². The van der Waals surface area contributed by atoms with Crippen LogP contribution in [0.3, 0.4) is 0 Å². The molecular formula is C9H19NO3. The fourth-order valence-corrected chi connectivity index (χ4v) is 0.844. The Hall–Kier alpha value is -0.610. The van der Waals surface area contributed by atoms with Crippen molar-refractivity contribution in [3.63, 3.8) is 0 Å². The van der Waals surface area contributed by atoms with Crippen LogP contribution < -0.4 is 5.32 Å². The first-order chi connectivity index (χ1) is 5.89. The van der Waals surface area contributed by atoms with Crippen LogP contribution >= 0.6 is 0 Å². The molecule has 0 bridgehead atoms. The van der Waals surface area contributed by atoms with Gasteiger partial charge in [-0.05, 0) is 6.92 Å². The molecule has 1 unspecified atom stereocenters. The lowest BCUT2D eigenvalue weighted by Crippen LogP contribution is -2.44. The summed E-state index contributed by atoms with van der Waals surface area (Å²) in [6, 6.07) is 0. The molecule has 13 heavy (non-hydrogen) atoms. The normalized spacial score (nSPS) is 15.5. The maximum Gasteiger partial charge on any atom is 0.222 e. The summed E-state index contributed by atoms with van der Waals surface area (Å²) >= 11 is 0. The van der Waals surface area contributed by atoms with E-state index in [4.69, 9.17) is 4.74 Å². The predicted octanol–water partition coefficient (Wildman–Crippen LogP) is 0.156. The molecule has 0 saturated heterocycles. The Bertz CT molecular complexity index is 166. The van der Waals surface area contributed by atoms with E-state index >= 15 is 0 Å². The van der Waals surface area contributed by atoms with Gasteiger partial charge in [-0.1, -0.05) is 13.8 Å². The van der Waals surface area contributed by atoms with E-state index in [1.807, 2.05) is 0 Å². The molecular weight excluding hydrogens is 170 g/mol. The van der Waals surface area contributed by atoms with Gasteiger partial charge in [0.15, 0.2) is 0 Å². The Labute approximate surface area is 79.3 Å². The van der Waals surface area contributed by atoms with E-state index in [1.54, 1.807) is 20.8 Å². The van der Waals surface area contributed by atoms with Gasteiger partial charge in [-0.3, -0.25) is 4.79 Å². The van der Waals surface area contributed by atoms with E-state index < -0.39 is 5.60 Å². The van der Waals surface area contributed by atoms with Gasteiger partial charge in [-0.2, -0.15) is 0 Å². The second-order valence-electron chi connectivity index (χ2n) is 3.80. The molecule has 2 N–H and O–H groups in total. The molecule has 1 amide bonds. The smallest absolute Gasteiger partial charge is 0.222 e. The maximum absolute atomic E-state index is 11.1. The lowest BCUT2D eigenvalue weighted by Gasteiger charge is -2.22. The number of ether oxygens (including phenoxy) is 1. The Balaban J connectivity index is 3.80. The summed E-state index contributed by atoms with van der Waals surface area (Å²) in [5.41, 5.74) is -0.987. The summed E-state index contributed by atoms with van der Waals surface area (Å²) in [5.74, 6) is -0.116. The average molecular weight is 189 g/mol. The van der Waals surface area contributed by atoms with E-state index in [0.29, 0.717) is 0 Å². The van der Waals surface area contributed by atoms with Crippen molar-refractivity contribution in [2.45, 2.75) is 26.4 Å². The lowest BCUT2D eigenvalue weighted by molar-refractivity contribution is -0.125. The average Bonchev–Trinajstić information content (AvgIpc) is 2.00. The van der Waals surface area contributed by atoms with E-state index in [1.165, 1.54) is 7.11 Å². The molecule has 0 aromatic heterocycles. The molecule has 0 aliphatic carbocycles. The van der Waals surface area contributed by atoms with Gasteiger partial charge in [0.2, 0.25) is 5.91 Å². The van der Waals surface area contributed by atoms with Crippen molar-refractivity contribution >= 4 is 5.91 Å². The Morgan fingerprint density at radius 3 is 2.54 bits per heavy atom. The van der Waals surface area contributed by atoms with Crippen LogP contribution in [0.4, 0.5) is 0 Å². The first kappa shape index (κ1) is 12.4. The van der Waals surface area contributed by atoms with E-state index in [9.17, 15) is 9.90 Å². The minimum Gasteiger partial charge on any atom is -0.386 e. The second-order valence-corrected chi connectivity index (χ2v) is 3.80. The molecule has 0 radical (unpaired) electrons. The minimum absolute atomic E-state index is 0.0571. The number of methoxy groups -OCH3 is 1. The van der Waals surface area contributed by atoms with E-state index in [0.717, 1.165) is 0 Å². The Kier molecular flexibility index (Phi) is 4.95. The first-order valence-corrected chi connectivity index (χ1v) is 4.38. The van der Waals surface area contributed by atoms with Gasteiger partial charge in [0.25, 0.3) is 0 Å². The van der Waals surface area contributed by atoms with Gasteiger partial charge in [-0.15, -0.1) is 0 Å². The zero-order valence-corrected chi connectivity index (χ0v) is 8.76. The molecule has 0 aromatic rings. The van der Waals surface area contributed by atoms with Gasteiger partial charge >= 0.3 is 0 Å². The fourth-order valence-electron chi connectivity index (χ4n) is 0.844. The molecule has 0 rings (SSSR count). The summed E-state index contributed by atoms with van der Waals surface area (Å²) in [6.07, 6.45) is 0. The standard InChI is InChI=1S/C9H19NO3/c1-7(2)8(11)10-5-9(3,12)6-13-4/h7,12H,5-6H2,1-4H3,(H,10,11). The quantitative estimate of drug-likeness (QED) is 0.647. The highest BCUT2D eigenvalue weighted by molar-refractivity contribution is 5.77. The SMILES string of the molecule is COCC(C)(O)CNC(=O)C(C)C. The Morgan fingerprint density at radius 1 is 1.62 bits per heavy atom. The number of aliphatic hydroxyl groups is 1. The third-order valence-corrected chi connectivity index (χ3v) is 1.62. The Morgan fingerprint density at radius 2 is 2.15 bits per heavy atom. The van der Waals surface area contributed by atoms with Crippen molar-refractivity contribution < 1.29 is 14.6 Å². The number of hydrogen-bond acceptors (Lipinski definition) is 3. The van der Waals surface area contributed by atoms with Crippen molar-refractivity contribution in [1.82, 2.24) is 5.32 Å². The summed E-state index contributed by atoms with van der Waals surface area (Å²) in [7, 11) is 1.51. The van der Waals surface area contributed by atoms with Gasteiger partial charge < -0.3 is 15.2 Å². The molecule has 0 fully saturated rings. The molecule has 4 heteroatoms. The van der Waals surface area contributed by atoms with Crippen LogP contribution in [-0.4, -0.2) is 36.9 Å². The highest BCUT2D eigenvalue weighted by atomic mass is 16.5. The van der Waals surface area contributed by atoms with Crippen molar-refractivity contribution in [3.05, 3.63) is 0 Å². The molecule has 4 nitrogen and oxygen atoms in total.